The lowest BCUT2D eigenvalue weighted by Gasteiger charge is -2.29. The zero-order valence-electron chi connectivity index (χ0n) is 14.1. The molecular formula is C20H30. The van der Waals surface area contributed by atoms with Gasteiger partial charge in [0.15, 0.2) is 0 Å². The first-order valence-corrected chi connectivity index (χ1v) is 8.25. The highest BCUT2D eigenvalue weighted by molar-refractivity contribution is 5.49. The van der Waals surface area contributed by atoms with Gasteiger partial charge in [-0.3, -0.25) is 0 Å². The Morgan fingerprint density at radius 2 is 1.90 bits per heavy atom. The van der Waals surface area contributed by atoms with Crippen molar-refractivity contribution in [1.82, 2.24) is 0 Å². The van der Waals surface area contributed by atoms with Gasteiger partial charge < -0.3 is 0 Å². The van der Waals surface area contributed by atoms with E-state index in [4.69, 9.17) is 0 Å². The number of rotatable bonds is 2. The highest BCUT2D eigenvalue weighted by atomic mass is 14.3. The van der Waals surface area contributed by atoms with E-state index < -0.39 is 0 Å². The lowest BCUT2D eigenvalue weighted by Crippen LogP contribution is -2.14. The highest BCUT2D eigenvalue weighted by Gasteiger charge is 2.23. The fourth-order valence-corrected chi connectivity index (χ4v) is 3.66. The van der Waals surface area contributed by atoms with Crippen molar-refractivity contribution in [2.75, 3.05) is 0 Å². The van der Waals surface area contributed by atoms with Crippen LogP contribution in [0.3, 0.4) is 0 Å². The number of aryl methyl sites for hydroxylation is 1. The molecule has 3 unspecified atom stereocenters. The maximum atomic E-state index is 2.47. The second-order valence-electron chi connectivity index (χ2n) is 6.79. The quantitative estimate of drug-likeness (QED) is 0.573. The lowest BCUT2D eigenvalue weighted by atomic mass is 9.76. The van der Waals surface area contributed by atoms with E-state index in [2.05, 4.69) is 59.8 Å². The van der Waals surface area contributed by atoms with Crippen LogP contribution in [0.5, 0.6) is 0 Å². The zero-order valence-corrected chi connectivity index (χ0v) is 14.1. The molecule has 0 saturated heterocycles. The summed E-state index contributed by atoms with van der Waals surface area (Å²) in [7, 11) is 0. The summed E-state index contributed by atoms with van der Waals surface area (Å²) in [5, 5.41) is 0. The minimum Gasteiger partial charge on any atom is -0.0879 e. The number of hydrogen-bond acceptors (Lipinski definition) is 0. The van der Waals surface area contributed by atoms with Crippen LogP contribution in [-0.2, 0) is 6.42 Å². The third-order valence-corrected chi connectivity index (χ3v) is 5.46. The molecule has 0 heteroatoms. The van der Waals surface area contributed by atoms with Crippen molar-refractivity contribution in [3.05, 3.63) is 46.0 Å². The predicted octanol–water partition coefficient (Wildman–Crippen LogP) is 6.06. The third-order valence-electron chi connectivity index (χ3n) is 5.46. The van der Waals surface area contributed by atoms with E-state index in [1.165, 1.54) is 18.4 Å². The summed E-state index contributed by atoms with van der Waals surface area (Å²) in [6.45, 7) is 14.1. The van der Waals surface area contributed by atoms with E-state index in [0.717, 1.165) is 12.3 Å². The summed E-state index contributed by atoms with van der Waals surface area (Å²) in [5.74, 6) is 2.07. The standard InChI is InChI=1S/C20H30/c1-7-13(2)19-12-15(4)20-16(5)14(3)10-8-9-11-18(20)17(19)6/h8-9,12-14,16H,7,10-11H2,1-6H3. The van der Waals surface area contributed by atoms with Gasteiger partial charge in [0, 0.05) is 0 Å². The smallest absolute Gasteiger partial charge is 0.00918 e. The molecule has 0 fully saturated rings. The van der Waals surface area contributed by atoms with Crippen LogP contribution in [0.15, 0.2) is 18.2 Å². The summed E-state index contributed by atoms with van der Waals surface area (Å²) in [6.07, 6.45) is 8.32. The van der Waals surface area contributed by atoms with Gasteiger partial charge >= 0.3 is 0 Å². The van der Waals surface area contributed by atoms with Crippen molar-refractivity contribution in [1.29, 1.82) is 0 Å². The largest absolute Gasteiger partial charge is 0.0879 e. The molecule has 20 heavy (non-hydrogen) atoms. The van der Waals surface area contributed by atoms with Crippen molar-refractivity contribution < 1.29 is 0 Å². The minimum absolute atomic E-state index is 0.666. The molecule has 110 valence electrons. The SMILES string of the molecule is CCC(C)c1cc(C)c2c(c1C)CC=CCC(C)C2C. The Morgan fingerprint density at radius 1 is 1.20 bits per heavy atom. The fourth-order valence-electron chi connectivity index (χ4n) is 3.66. The fraction of sp³-hybridized carbons (Fsp3) is 0.600. The van der Waals surface area contributed by atoms with Crippen molar-refractivity contribution >= 4 is 0 Å². The molecule has 1 aromatic carbocycles. The first-order valence-electron chi connectivity index (χ1n) is 8.25. The van der Waals surface area contributed by atoms with Gasteiger partial charge in [-0.2, -0.15) is 0 Å². The van der Waals surface area contributed by atoms with Crippen LogP contribution in [0.2, 0.25) is 0 Å². The van der Waals surface area contributed by atoms with Crippen molar-refractivity contribution in [2.45, 2.75) is 72.6 Å². The van der Waals surface area contributed by atoms with Gasteiger partial charge in [0.1, 0.15) is 0 Å². The molecule has 0 N–H and O–H groups in total. The molecule has 0 radical (unpaired) electrons. The van der Waals surface area contributed by atoms with Crippen LogP contribution < -0.4 is 0 Å². The van der Waals surface area contributed by atoms with Crippen LogP contribution >= 0.6 is 0 Å². The molecular weight excluding hydrogens is 240 g/mol. The Labute approximate surface area is 125 Å². The van der Waals surface area contributed by atoms with Crippen LogP contribution in [-0.4, -0.2) is 0 Å². The highest BCUT2D eigenvalue weighted by Crippen LogP contribution is 2.38. The van der Waals surface area contributed by atoms with Crippen LogP contribution in [0, 0.1) is 19.8 Å². The normalized spacial score (nSPS) is 23.9. The van der Waals surface area contributed by atoms with E-state index in [1.54, 1.807) is 22.3 Å². The molecule has 0 aromatic heterocycles. The molecule has 0 saturated carbocycles. The molecule has 0 amide bonds. The first-order chi connectivity index (χ1) is 9.47. The molecule has 0 heterocycles. The molecule has 3 atom stereocenters. The molecule has 1 aliphatic carbocycles. The summed E-state index contributed by atoms with van der Waals surface area (Å²) in [5.41, 5.74) is 7.86. The van der Waals surface area contributed by atoms with Gasteiger partial charge in [0.2, 0.25) is 0 Å². The second-order valence-corrected chi connectivity index (χ2v) is 6.79. The van der Waals surface area contributed by atoms with E-state index in [1.807, 2.05) is 0 Å². The average molecular weight is 270 g/mol. The lowest BCUT2D eigenvalue weighted by molar-refractivity contribution is 0.486. The molecule has 0 aliphatic heterocycles. The van der Waals surface area contributed by atoms with Crippen molar-refractivity contribution in [3.63, 3.8) is 0 Å². The van der Waals surface area contributed by atoms with Gasteiger partial charge in [0.05, 0.1) is 0 Å². The summed E-state index contributed by atoms with van der Waals surface area (Å²) in [4.78, 5) is 0. The molecule has 0 spiro atoms. The predicted molar refractivity (Wildman–Crippen MR) is 89.7 cm³/mol. The van der Waals surface area contributed by atoms with Gasteiger partial charge in [-0.1, -0.05) is 45.9 Å². The Bertz CT molecular complexity index is 507. The van der Waals surface area contributed by atoms with E-state index >= 15 is 0 Å². The molecule has 2 rings (SSSR count). The summed E-state index contributed by atoms with van der Waals surface area (Å²) in [6, 6.07) is 2.47. The monoisotopic (exact) mass is 270 g/mol. The zero-order chi connectivity index (χ0) is 14.9. The number of hydrogen-bond donors (Lipinski definition) is 0. The van der Waals surface area contributed by atoms with Crippen molar-refractivity contribution in [3.8, 4) is 0 Å². The van der Waals surface area contributed by atoms with E-state index in [9.17, 15) is 0 Å². The topological polar surface area (TPSA) is 0 Å². The maximum Gasteiger partial charge on any atom is -0.00918 e. The van der Waals surface area contributed by atoms with Crippen molar-refractivity contribution in [2.24, 2.45) is 5.92 Å². The number of benzene rings is 1. The summed E-state index contributed by atoms with van der Waals surface area (Å²) >= 11 is 0. The summed E-state index contributed by atoms with van der Waals surface area (Å²) < 4.78 is 0. The first kappa shape index (κ1) is 15.4. The van der Waals surface area contributed by atoms with Gasteiger partial charge in [-0.15, -0.1) is 0 Å². The Hall–Kier alpha value is -1.04. The molecule has 0 bridgehead atoms. The van der Waals surface area contributed by atoms with Crippen LogP contribution in [0.1, 0.15) is 80.2 Å². The van der Waals surface area contributed by atoms with E-state index in [-0.39, 0.29) is 0 Å². The third kappa shape index (κ3) is 2.71. The van der Waals surface area contributed by atoms with Crippen LogP contribution in [0.4, 0.5) is 0 Å². The maximum absolute atomic E-state index is 2.47. The number of allylic oxidation sites excluding steroid dienone is 2. The Balaban J connectivity index is 2.63. The Kier molecular flexibility index (Phi) is 4.73. The minimum atomic E-state index is 0.666. The van der Waals surface area contributed by atoms with E-state index in [0.29, 0.717) is 11.8 Å². The van der Waals surface area contributed by atoms with Crippen LogP contribution in [0.25, 0.3) is 0 Å². The average Bonchev–Trinajstić information content (AvgIpc) is 2.43. The molecule has 1 aromatic rings. The molecule has 1 aliphatic rings. The molecule has 0 nitrogen and oxygen atoms in total. The van der Waals surface area contributed by atoms with Gasteiger partial charge in [-0.05, 0) is 78.7 Å². The van der Waals surface area contributed by atoms with Gasteiger partial charge in [-0.25, -0.2) is 0 Å². The Morgan fingerprint density at radius 3 is 2.55 bits per heavy atom. The van der Waals surface area contributed by atoms with Gasteiger partial charge in [0.25, 0.3) is 0 Å². The number of fused-ring (bicyclic) bond motifs is 1. The second kappa shape index (κ2) is 6.16.